The van der Waals surface area contributed by atoms with E-state index in [9.17, 15) is 0 Å². The number of hydrogen-bond donors (Lipinski definition) is 1. The molecule has 0 saturated carbocycles. The summed E-state index contributed by atoms with van der Waals surface area (Å²) in [5, 5.41) is 5.43. The first-order chi connectivity index (χ1) is 13.2. The molecule has 9 nitrogen and oxygen atoms in total. The largest absolute Gasteiger partial charge is 0.494 e. The molecule has 5 rings (SSSR count). The molecule has 0 fully saturated rings. The van der Waals surface area contributed by atoms with Gasteiger partial charge in [0.1, 0.15) is 11.3 Å². The van der Waals surface area contributed by atoms with Gasteiger partial charge in [0.05, 0.1) is 25.0 Å². The minimum Gasteiger partial charge on any atom is -0.494 e. The predicted molar refractivity (Wildman–Crippen MR) is 99.1 cm³/mol. The average Bonchev–Trinajstić information content (AvgIpc) is 3.12. The van der Waals surface area contributed by atoms with E-state index < -0.39 is 0 Å². The van der Waals surface area contributed by atoms with Crippen LogP contribution in [0.1, 0.15) is 17.2 Å². The lowest BCUT2D eigenvalue weighted by molar-refractivity contribution is 0.233. The Balaban J connectivity index is 1.52. The van der Waals surface area contributed by atoms with Crippen molar-refractivity contribution in [1.29, 1.82) is 0 Å². The molecule has 136 valence electrons. The van der Waals surface area contributed by atoms with Gasteiger partial charge >= 0.3 is 0 Å². The first kappa shape index (κ1) is 15.9. The molecule has 0 radical (unpaired) electrons. The van der Waals surface area contributed by atoms with Crippen LogP contribution in [-0.4, -0.2) is 48.1 Å². The Labute approximate surface area is 154 Å². The van der Waals surface area contributed by atoms with Crippen LogP contribution in [0.3, 0.4) is 0 Å². The molecular formula is C18H18N8O. The lowest BCUT2D eigenvalue weighted by atomic mass is 10.1. The fourth-order valence-corrected chi connectivity index (χ4v) is 3.53. The summed E-state index contributed by atoms with van der Waals surface area (Å²) in [5.41, 5.74) is 9.58. The van der Waals surface area contributed by atoms with Gasteiger partial charge in [0.25, 0.3) is 0 Å². The number of benzene rings is 1. The zero-order chi connectivity index (χ0) is 18.4. The number of nitrogens with zero attached hydrogens (tertiary/aromatic N) is 7. The summed E-state index contributed by atoms with van der Waals surface area (Å²) in [6.07, 6.45) is 4.35. The second kappa shape index (κ2) is 6.13. The van der Waals surface area contributed by atoms with Crippen LogP contribution in [0.4, 0.5) is 5.95 Å². The van der Waals surface area contributed by atoms with E-state index in [0.29, 0.717) is 29.3 Å². The standard InChI is InChI=1S/C18H18N8O/c1-27-14-4-2-3-11-16(14)23-18(19)26-17(11)22-15(24-26)10-25-8-5-12-13(9-25)21-7-6-20-12/h2-4,6-7H,5,8-10H2,1H3,(H2,19,23). The molecule has 3 aromatic heterocycles. The van der Waals surface area contributed by atoms with E-state index in [0.717, 1.165) is 36.3 Å². The molecule has 0 saturated heterocycles. The Morgan fingerprint density at radius 2 is 2.00 bits per heavy atom. The van der Waals surface area contributed by atoms with Crippen molar-refractivity contribution in [2.24, 2.45) is 0 Å². The maximum Gasteiger partial charge on any atom is 0.223 e. The molecule has 0 atom stereocenters. The highest BCUT2D eigenvalue weighted by Gasteiger charge is 2.21. The fraction of sp³-hybridized carbons (Fsp3) is 0.278. The molecule has 0 unspecified atom stereocenters. The van der Waals surface area contributed by atoms with Crippen LogP contribution < -0.4 is 10.5 Å². The molecule has 0 spiro atoms. The minimum absolute atomic E-state index is 0.288. The summed E-state index contributed by atoms with van der Waals surface area (Å²) in [4.78, 5) is 20.3. The zero-order valence-electron chi connectivity index (χ0n) is 14.8. The van der Waals surface area contributed by atoms with Crippen molar-refractivity contribution in [3.8, 4) is 5.75 Å². The lowest BCUT2D eigenvalue weighted by Gasteiger charge is -2.25. The third-order valence-corrected chi connectivity index (χ3v) is 4.82. The Morgan fingerprint density at radius 3 is 2.85 bits per heavy atom. The van der Waals surface area contributed by atoms with Crippen LogP contribution in [0.15, 0.2) is 30.6 Å². The van der Waals surface area contributed by atoms with E-state index in [2.05, 4.69) is 25.0 Å². The molecule has 2 N–H and O–H groups in total. The molecule has 0 bridgehead atoms. The summed E-state index contributed by atoms with van der Waals surface area (Å²) in [7, 11) is 1.61. The normalized spacial score (nSPS) is 14.6. The Bertz CT molecular complexity index is 1150. The van der Waals surface area contributed by atoms with Gasteiger partial charge in [0.15, 0.2) is 11.5 Å². The number of hydrogen-bond acceptors (Lipinski definition) is 8. The van der Waals surface area contributed by atoms with Gasteiger partial charge < -0.3 is 10.5 Å². The fourth-order valence-electron chi connectivity index (χ4n) is 3.53. The first-order valence-electron chi connectivity index (χ1n) is 8.72. The molecule has 0 aliphatic carbocycles. The van der Waals surface area contributed by atoms with Crippen LogP contribution in [0.25, 0.3) is 16.6 Å². The molecule has 4 aromatic rings. The van der Waals surface area contributed by atoms with Gasteiger partial charge in [-0.15, -0.1) is 5.10 Å². The number of methoxy groups -OCH3 is 1. The van der Waals surface area contributed by atoms with Crippen molar-refractivity contribution in [2.45, 2.75) is 19.5 Å². The molecular weight excluding hydrogens is 344 g/mol. The Kier molecular flexibility index (Phi) is 3.61. The third-order valence-electron chi connectivity index (χ3n) is 4.82. The second-order valence-corrected chi connectivity index (χ2v) is 6.50. The molecule has 4 heterocycles. The van der Waals surface area contributed by atoms with Crippen LogP contribution in [0, 0.1) is 0 Å². The number of nitrogen functional groups attached to an aromatic ring is 1. The van der Waals surface area contributed by atoms with Gasteiger partial charge in [-0.2, -0.15) is 4.52 Å². The van der Waals surface area contributed by atoms with Crippen LogP contribution in [-0.2, 0) is 19.5 Å². The van der Waals surface area contributed by atoms with Crippen molar-refractivity contribution < 1.29 is 4.74 Å². The van der Waals surface area contributed by atoms with Crippen molar-refractivity contribution in [3.63, 3.8) is 0 Å². The maximum atomic E-state index is 6.12. The summed E-state index contributed by atoms with van der Waals surface area (Å²) in [5.74, 6) is 1.65. The van der Waals surface area contributed by atoms with Gasteiger partial charge in [-0.25, -0.2) is 9.97 Å². The van der Waals surface area contributed by atoms with Crippen molar-refractivity contribution in [3.05, 3.63) is 47.8 Å². The van der Waals surface area contributed by atoms with Gasteiger partial charge in [0, 0.05) is 37.3 Å². The second-order valence-electron chi connectivity index (χ2n) is 6.50. The Morgan fingerprint density at radius 1 is 1.15 bits per heavy atom. The number of nitrogens with two attached hydrogens (primary N) is 1. The zero-order valence-corrected chi connectivity index (χ0v) is 14.8. The maximum absolute atomic E-state index is 6.12. The molecule has 9 heteroatoms. The molecule has 1 aliphatic heterocycles. The Hall–Kier alpha value is -3.33. The summed E-state index contributed by atoms with van der Waals surface area (Å²) < 4.78 is 6.99. The van der Waals surface area contributed by atoms with E-state index in [1.807, 2.05) is 18.2 Å². The van der Waals surface area contributed by atoms with Crippen molar-refractivity contribution in [1.82, 2.24) is 34.4 Å². The minimum atomic E-state index is 0.288. The smallest absolute Gasteiger partial charge is 0.223 e. The number of fused-ring (bicyclic) bond motifs is 4. The van der Waals surface area contributed by atoms with E-state index in [-0.39, 0.29) is 5.95 Å². The number of anilines is 1. The quantitative estimate of drug-likeness (QED) is 0.580. The number of aromatic nitrogens is 6. The SMILES string of the molecule is COc1cccc2c1nc(N)n1nc(CN3CCc4nccnc4C3)nc21. The summed E-state index contributed by atoms with van der Waals surface area (Å²) in [6.45, 7) is 2.24. The highest BCUT2D eigenvalue weighted by molar-refractivity contribution is 5.95. The average molecular weight is 362 g/mol. The third kappa shape index (κ3) is 2.63. The highest BCUT2D eigenvalue weighted by atomic mass is 16.5. The monoisotopic (exact) mass is 362 g/mol. The summed E-state index contributed by atoms with van der Waals surface area (Å²) in [6, 6.07) is 5.72. The topological polar surface area (TPSA) is 107 Å². The molecule has 1 aliphatic rings. The van der Waals surface area contributed by atoms with Crippen molar-refractivity contribution >= 4 is 22.5 Å². The number of rotatable bonds is 3. The molecule has 0 amide bonds. The van der Waals surface area contributed by atoms with Gasteiger partial charge in [0.2, 0.25) is 5.95 Å². The van der Waals surface area contributed by atoms with E-state index in [1.165, 1.54) is 0 Å². The van der Waals surface area contributed by atoms with E-state index in [1.54, 1.807) is 24.0 Å². The van der Waals surface area contributed by atoms with Crippen molar-refractivity contribution in [2.75, 3.05) is 19.4 Å². The van der Waals surface area contributed by atoms with Gasteiger partial charge in [-0.1, -0.05) is 6.07 Å². The number of ether oxygens (including phenoxy) is 1. The van der Waals surface area contributed by atoms with Crippen LogP contribution >= 0.6 is 0 Å². The van der Waals surface area contributed by atoms with Crippen LogP contribution in [0.5, 0.6) is 5.75 Å². The predicted octanol–water partition coefficient (Wildman–Crippen LogP) is 1.22. The van der Waals surface area contributed by atoms with Gasteiger partial charge in [-0.3, -0.25) is 14.9 Å². The van der Waals surface area contributed by atoms with Crippen LogP contribution in [0.2, 0.25) is 0 Å². The molecule has 1 aromatic carbocycles. The lowest BCUT2D eigenvalue weighted by Crippen LogP contribution is -2.31. The molecule has 27 heavy (non-hydrogen) atoms. The van der Waals surface area contributed by atoms with Gasteiger partial charge in [-0.05, 0) is 12.1 Å². The highest BCUT2D eigenvalue weighted by Crippen LogP contribution is 2.27. The number of para-hydroxylation sites is 1. The summed E-state index contributed by atoms with van der Waals surface area (Å²) >= 11 is 0. The van der Waals surface area contributed by atoms with E-state index in [4.69, 9.17) is 15.5 Å². The first-order valence-corrected chi connectivity index (χ1v) is 8.72. The van der Waals surface area contributed by atoms with E-state index >= 15 is 0 Å².